The van der Waals surface area contributed by atoms with Gasteiger partial charge in [0.2, 0.25) is 5.91 Å². The molecule has 0 aliphatic rings. The van der Waals surface area contributed by atoms with Crippen molar-refractivity contribution in [2.24, 2.45) is 0 Å². The van der Waals surface area contributed by atoms with Crippen molar-refractivity contribution in [2.75, 3.05) is 11.5 Å². The van der Waals surface area contributed by atoms with Crippen LogP contribution in [0.5, 0.6) is 5.75 Å². The van der Waals surface area contributed by atoms with Crippen LogP contribution in [0.3, 0.4) is 0 Å². The minimum atomic E-state index is 0.163. The maximum Gasteiger partial charge on any atom is 0.227 e. The molecule has 0 saturated carbocycles. The van der Waals surface area contributed by atoms with E-state index in [4.69, 9.17) is 4.74 Å². The Balaban J connectivity index is 1.67. The molecule has 0 fully saturated rings. The van der Waals surface area contributed by atoms with Crippen LogP contribution in [-0.4, -0.2) is 12.5 Å². The Hall–Kier alpha value is -1.81. The summed E-state index contributed by atoms with van der Waals surface area (Å²) in [7, 11) is 0. The summed E-state index contributed by atoms with van der Waals surface area (Å²) in [4.78, 5) is 14.8. The lowest BCUT2D eigenvalue weighted by Crippen LogP contribution is -2.30. The van der Waals surface area contributed by atoms with Crippen LogP contribution in [0.2, 0.25) is 0 Å². The smallest absolute Gasteiger partial charge is 0.227 e. The highest BCUT2D eigenvalue weighted by Gasteiger charge is 2.16. The molecule has 0 aromatic heterocycles. The van der Waals surface area contributed by atoms with Crippen LogP contribution in [0, 0.1) is 0 Å². The van der Waals surface area contributed by atoms with Crippen molar-refractivity contribution in [1.82, 2.24) is 0 Å². The molecule has 0 aliphatic carbocycles. The Morgan fingerprint density at radius 2 is 1.36 bits per heavy atom. The fourth-order valence-electron chi connectivity index (χ4n) is 4.49. The van der Waals surface area contributed by atoms with Gasteiger partial charge in [-0.15, -0.1) is 0 Å². The number of nitrogens with zero attached hydrogens (tertiary/aromatic N) is 1. The zero-order valence-electron chi connectivity index (χ0n) is 22.8. The molecule has 36 heavy (non-hydrogen) atoms. The highest BCUT2D eigenvalue weighted by Crippen LogP contribution is 2.23. The highest BCUT2D eigenvalue weighted by molar-refractivity contribution is 9.08. The van der Waals surface area contributed by atoms with E-state index in [0.717, 1.165) is 41.8 Å². The van der Waals surface area contributed by atoms with Gasteiger partial charge in [-0.25, -0.2) is 0 Å². The second kappa shape index (κ2) is 19.3. The summed E-state index contributed by atoms with van der Waals surface area (Å²) in [5, 5.41) is 0.780. The molecular weight excluding hydrogens is 510 g/mol. The topological polar surface area (TPSA) is 29.5 Å². The van der Waals surface area contributed by atoms with E-state index in [2.05, 4.69) is 47.1 Å². The number of hydrogen-bond donors (Lipinski definition) is 0. The number of anilines is 1. The third-order valence-electron chi connectivity index (χ3n) is 6.67. The quantitative estimate of drug-likeness (QED) is 0.120. The molecule has 0 atom stereocenters. The summed E-state index contributed by atoms with van der Waals surface area (Å²) in [6, 6.07) is 16.4. The van der Waals surface area contributed by atoms with Gasteiger partial charge in [-0.1, -0.05) is 125 Å². The fourth-order valence-corrected chi connectivity index (χ4v) is 4.84. The van der Waals surface area contributed by atoms with Gasteiger partial charge in [0.15, 0.2) is 0 Å². The van der Waals surface area contributed by atoms with E-state index in [9.17, 15) is 4.79 Å². The Morgan fingerprint density at radius 3 is 1.94 bits per heavy atom. The summed E-state index contributed by atoms with van der Waals surface area (Å²) >= 11 is 3.52. The van der Waals surface area contributed by atoms with E-state index in [1.807, 2.05) is 36.1 Å². The highest BCUT2D eigenvalue weighted by atomic mass is 79.9. The number of amides is 1. The minimum absolute atomic E-state index is 0.163. The molecule has 200 valence electrons. The Labute approximate surface area is 229 Å². The third kappa shape index (κ3) is 12.4. The van der Waals surface area contributed by atoms with E-state index in [-0.39, 0.29) is 5.91 Å². The monoisotopic (exact) mass is 557 g/mol. The van der Waals surface area contributed by atoms with Crippen molar-refractivity contribution in [3.05, 3.63) is 59.7 Å². The van der Waals surface area contributed by atoms with E-state index in [1.54, 1.807) is 0 Å². The van der Waals surface area contributed by atoms with Gasteiger partial charge in [0.25, 0.3) is 0 Å². The van der Waals surface area contributed by atoms with Crippen molar-refractivity contribution in [1.29, 1.82) is 0 Å². The molecule has 2 rings (SSSR count). The lowest BCUT2D eigenvalue weighted by molar-refractivity contribution is -0.118. The Bertz CT molecular complexity index is 836. The SMILES string of the molecule is CCCCCCCCCCCCCCOc1ccc(CN(C(=O)CCC)c2cccc(CBr)c2)cc1. The number of unbranched alkanes of at least 4 members (excludes halogenated alkanes) is 11. The van der Waals surface area contributed by atoms with Gasteiger partial charge in [0.05, 0.1) is 13.2 Å². The first-order valence-electron chi connectivity index (χ1n) is 14.3. The summed E-state index contributed by atoms with van der Waals surface area (Å²) in [5.74, 6) is 1.08. The molecule has 4 heteroatoms. The maximum atomic E-state index is 12.9. The van der Waals surface area contributed by atoms with Crippen LogP contribution in [0.4, 0.5) is 5.69 Å². The number of carbonyl (C=O) groups is 1. The van der Waals surface area contributed by atoms with Crippen molar-refractivity contribution in [2.45, 2.75) is 116 Å². The van der Waals surface area contributed by atoms with Crippen molar-refractivity contribution in [3.8, 4) is 5.75 Å². The zero-order valence-corrected chi connectivity index (χ0v) is 24.4. The summed E-state index contributed by atoms with van der Waals surface area (Å²) in [6.45, 7) is 5.68. The van der Waals surface area contributed by atoms with Crippen molar-refractivity contribution < 1.29 is 9.53 Å². The second-order valence-corrected chi connectivity index (χ2v) is 10.5. The summed E-state index contributed by atoms with van der Waals surface area (Å²) < 4.78 is 5.97. The Kier molecular flexibility index (Phi) is 16.3. The fraction of sp³-hybridized carbons (Fsp3) is 0.594. The molecule has 0 bridgehead atoms. The number of carbonyl (C=O) groups excluding carboxylic acids is 1. The van der Waals surface area contributed by atoms with Gasteiger partial charge >= 0.3 is 0 Å². The van der Waals surface area contributed by atoms with E-state index >= 15 is 0 Å². The van der Waals surface area contributed by atoms with Crippen molar-refractivity contribution in [3.63, 3.8) is 0 Å². The van der Waals surface area contributed by atoms with Gasteiger partial charge in [-0.3, -0.25) is 4.79 Å². The molecule has 3 nitrogen and oxygen atoms in total. The number of rotatable bonds is 20. The van der Waals surface area contributed by atoms with Crippen LogP contribution in [-0.2, 0) is 16.7 Å². The number of halogens is 1. The van der Waals surface area contributed by atoms with Gasteiger partial charge in [-0.2, -0.15) is 0 Å². The van der Waals surface area contributed by atoms with Crippen LogP contribution in [0.25, 0.3) is 0 Å². The molecule has 0 unspecified atom stereocenters. The molecule has 0 aliphatic heterocycles. The average Bonchev–Trinajstić information content (AvgIpc) is 2.90. The van der Waals surface area contributed by atoms with Gasteiger partial charge in [0.1, 0.15) is 5.75 Å². The van der Waals surface area contributed by atoms with E-state index < -0.39 is 0 Å². The molecule has 0 N–H and O–H groups in total. The number of benzene rings is 2. The first-order chi connectivity index (χ1) is 17.7. The zero-order chi connectivity index (χ0) is 25.8. The largest absolute Gasteiger partial charge is 0.494 e. The molecule has 0 radical (unpaired) electrons. The molecule has 0 spiro atoms. The van der Waals surface area contributed by atoms with Crippen LogP contribution in [0.15, 0.2) is 48.5 Å². The number of hydrogen-bond acceptors (Lipinski definition) is 2. The van der Waals surface area contributed by atoms with Gasteiger partial charge in [0, 0.05) is 17.4 Å². The molecule has 0 saturated heterocycles. The van der Waals surface area contributed by atoms with Crippen LogP contribution >= 0.6 is 15.9 Å². The van der Waals surface area contributed by atoms with E-state index in [0.29, 0.717) is 13.0 Å². The van der Waals surface area contributed by atoms with Crippen LogP contribution < -0.4 is 9.64 Å². The van der Waals surface area contributed by atoms with Crippen LogP contribution in [0.1, 0.15) is 115 Å². The summed E-state index contributed by atoms with van der Waals surface area (Å²) in [5.41, 5.74) is 3.24. The van der Waals surface area contributed by atoms with Gasteiger partial charge < -0.3 is 9.64 Å². The maximum absolute atomic E-state index is 12.9. The van der Waals surface area contributed by atoms with E-state index in [1.165, 1.54) is 76.2 Å². The summed E-state index contributed by atoms with van der Waals surface area (Å²) in [6.07, 6.45) is 17.6. The lowest BCUT2D eigenvalue weighted by Gasteiger charge is -2.23. The first kappa shape index (κ1) is 30.4. The Morgan fingerprint density at radius 1 is 0.750 bits per heavy atom. The predicted octanol–water partition coefficient (Wildman–Crippen LogP) is 9.99. The standard InChI is InChI=1S/C32H48BrNO2/c1-3-5-6-7-8-9-10-11-12-13-14-15-24-36-31-22-20-28(21-23-31)27-34(32(35)17-4-2)30-19-16-18-29(25-30)26-33/h16,18-23,25H,3-15,17,24,26-27H2,1-2H3. The molecule has 0 heterocycles. The average molecular weight is 559 g/mol. The first-order valence-corrected chi connectivity index (χ1v) is 15.5. The number of alkyl halides is 1. The third-order valence-corrected chi connectivity index (χ3v) is 7.32. The minimum Gasteiger partial charge on any atom is -0.494 e. The molecule has 1 amide bonds. The van der Waals surface area contributed by atoms with Gasteiger partial charge in [-0.05, 0) is 48.2 Å². The molecular formula is C32H48BrNO2. The molecule has 2 aromatic carbocycles. The predicted molar refractivity (Wildman–Crippen MR) is 158 cm³/mol. The van der Waals surface area contributed by atoms with Crippen molar-refractivity contribution >= 4 is 27.5 Å². The second-order valence-electron chi connectivity index (χ2n) is 9.91. The normalized spacial score (nSPS) is 11.0. The number of ether oxygens (including phenoxy) is 1. The molecule has 2 aromatic rings. The lowest BCUT2D eigenvalue weighted by atomic mass is 10.1.